The van der Waals surface area contributed by atoms with Crippen LogP contribution < -0.4 is 5.43 Å². The maximum Gasteiger partial charge on any atom is 0.307 e. The zero-order valence-electron chi connectivity index (χ0n) is 12.1. The zero-order chi connectivity index (χ0) is 16.2. The molecule has 0 saturated heterocycles. The summed E-state index contributed by atoms with van der Waals surface area (Å²) in [5.41, 5.74) is 2.40. The number of nitrogens with one attached hydrogen (secondary N) is 1. The standard InChI is InChI=1S/C10H20Cl3N2O3PS/c1-6-17-19(20,18-7-2)15(14-9(3,4)5)8(16)10(11,12)13/h14H,6-7H2,1-5H3. The quantitative estimate of drug-likeness (QED) is 0.428. The van der Waals surface area contributed by atoms with E-state index in [0.29, 0.717) is 0 Å². The second-order valence-electron chi connectivity index (χ2n) is 4.78. The fourth-order valence-corrected chi connectivity index (χ4v) is 4.30. The normalized spacial score (nSPS) is 13.4. The van der Waals surface area contributed by atoms with E-state index in [0.717, 1.165) is 4.78 Å². The monoisotopic (exact) mass is 384 g/mol. The van der Waals surface area contributed by atoms with Gasteiger partial charge in [0.05, 0.1) is 13.2 Å². The SMILES string of the molecule is CCOP(=S)(OCC)N(NC(C)(C)C)C(=O)C(Cl)(Cl)Cl. The highest BCUT2D eigenvalue weighted by atomic mass is 35.6. The highest BCUT2D eigenvalue weighted by molar-refractivity contribution is 8.09. The molecule has 0 aliphatic carbocycles. The molecule has 1 N–H and O–H groups in total. The Hall–Kier alpha value is 0.870. The Kier molecular flexibility index (Phi) is 8.27. The van der Waals surface area contributed by atoms with Crippen LogP contribution in [0.1, 0.15) is 34.6 Å². The van der Waals surface area contributed by atoms with Gasteiger partial charge >= 0.3 is 6.64 Å². The van der Waals surface area contributed by atoms with Gasteiger partial charge in [0.1, 0.15) is 0 Å². The summed E-state index contributed by atoms with van der Waals surface area (Å²) in [7, 11) is 0. The minimum Gasteiger partial charge on any atom is -0.313 e. The van der Waals surface area contributed by atoms with Crippen molar-refractivity contribution in [1.29, 1.82) is 0 Å². The van der Waals surface area contributed by atoms with Gasteiger partial charge in [-0.25, -0.2) is 5.43 Å². The number of nitrogens with zero attached hydrogens (tertiary/aromatic N) is 1. The van der Waals surface area contributed by atoms with Gasteiger partial charge in [0, 0.05) is 5.54 Å². The first-order chi connectivity index (χ1) is 8.87. The minimum atomic E-state index is -3.13. The molecule has 0 fully saturated rings. The number of rotatable bonds is 6. The number of alkyl halides is 3. The molecule has 5 nitrogen and oxygen atoms in total. The van der Waals surface area contributed by atoms with Gasteiger partial charge in [-0.1, -0.05) is 34.8 Å². The molecule has 0 heterocycles. The lowest BCUT2D eigenvalue weighted by Crippen LogP contribution is -2.53. The van der Waals surface area contributed by atoms with Gasteiger partial charge < -0.3 is 9.05 Å². The van der Waals surface area contributed by atoms with E-state index in [4.69, 9.17) is 55.7 Å². The molecule has 0 aromatic carbocycles. The van der Waals surface area contributed by atoms with Crippen molar-refractivity contribution in [1.82, 2.24) is 10.2 Å². The number of hydrogen-bond donors (Lipinski definition) is 1. The molecule has 0 spiro atoms. The van der Waals surface area contributed by atoms with Crippen molar-refractivity contribution in [2.24, 2.45) is 0 Å². The molecule has 0 aliphatic heterocycles. The van der Waals surface area contributed by atoms with Crippen LogP contribution >= 0.6 is 41.4 Å². The third kappa shape index (κ3) is 6.75. The van der Waals surface area contributed by atoms with Gasteiger partial charge in [-0.3, -0.25) is 4.79 Å². The molecule has 0 unspecified atom stereocenters. The number of hydrogen-bond acceptors (Lipinski definition) is 5. The third-order valence-electron chi connectivity index (χ3n) is 1.71. The summed E-state index contributed by atoms with van der Waals surface area (Å²) in [6.45, 7) is 6.42. The van der Waals surface area contributed by atoms with Crippen LogP contribution in [0.3, 0.4) is 0 Å². The largest absolute Gasteiger partial charge is 0.313 e. The topological polar surface area (TPSA) is 50.8 Å². The fraction of sp³-hybridized carbons (Fsp3) is 0.900. The molecular weight excluding hydrogens is 366 g/mol. The molecule has 20 heavy (non-hydrogen) atoms. The van der Waals surface area contributed by atoms with E-state index in [9.17, 15) is 4.79 Å². The van der Waals surface area contributed by atoms with E-state index in [1.165, 1.54) is 0 Å². The van der Waals surface area contributed by atoms with E-state index >= 15 is 0 Å². The van der Waals surface area contributed by atoms with Crippen molar-refractivity contribution < 1.29 is 13.8 Å². The van der Waals surface area contributed by atoms with Crippen molar-refractivity contribution in [3.8, 4) is 0 Å². The third-order valence-corrected chi connectivity index (χ3v) is 5.25. The highest BCUT2D eigenvalue weighted by Gasteiger charge is 2.44. The van der Waals surface area contributed by atoms with Gasteiger partial charge in [0.2, 0.25) is 0 Å². The number of amides is 1. The second kappa shape index (κ2) is 7.93. The first kappa shape index (κ1) is 20.9. The first-order valence-electron chi connectivity index (χ1n) is 5.96. The van der Waals surface area contributed by atoms with Gasteiger partial charge in [-0.15, -0.1) is 0 Å². The molecule has 0 aromatic rings. The predicted octanol–water partition coefficient (Wildman–Crippen LogP) is 3.79. The van der Waals surface area contributed by atoms with Crippen LogP contribution in [-0.2, 0) is 25.6 Å². The van der Waals surface area contributed by atoms with Crippen molar-refractivity contribution in [2.45, 2.75) is 44.0 Å². The minimum absolute atomic E-state index is 0.271. The average molecular weight is 386 g/mol. The van der Waals surface area contributed by atoms with Gasteiger partial charge in [0.15, 0.2) is 0 Å². The maximum absolute atomic E-state index is 12.3. The second-order valence-corrected chi connectivity index (χ2v) is 10.3. The van der Waals surface area contributed by atoms with Gasteiger partial charge in [0.25, 0.3) is 9.70 Å². The summed E-state index contributed by atoms with van der Waals surface area (Å²) in [5.74, 6) is -0.831. The Balaban J connectivity index is 5.60. The first-order valence-corrected chi connectivity index (χ1v) is 9.68. The lowest BCUT2D eigenvalue weighted by molar-refractivity contribution is -0.129. The molecule has 0 aromatic heterocycles. The molecule has 1 amide bonds. The molecule has 0 bridgehead atoms. The summed E-state index contributed by atoms with van der Waals surface area (Å²) in [5, 5.41) is 0. The van der Waals surface area contributed by atoms with Crippen LogP contribution in [-0.4, -0.2) is 33.2 Å². The van der Waals surface area contributed by atoms with E-state index in [1.54, 1.807) is 13.8 Å². The van der Waals surface area contributed by atoms with Crippen LogP contribution in [0, 0.1) is 0 Å². The number of hydrazine groups is 1. The lowest BCUT2D eigenvalue weighted by atomic mass is 10.1. The van der Waals surface area contributed by atoms with Crippen molar-refractivity contribution in [2.75, 3.05) is 13.2 Å². The molecule has 0 rings (SSSR count). The summed E-state index contributed by atoms with van der Waals surface area (Å²) in [6, 6.07) is 0. The van der Waals surface area contributed by atoms with E-state index < -0.39 is 21.9 Å². The summed E-state index contributed by atoms with van der Waals surface area (Å²) in [4.78, 5) is 12.3. The van der Waals surface area contributed by atoms with E-state index in [-0.39, 0.29) is 13.2 Å². The number of halogens is 3. The summed E-state index contributed by atoms with van der Waals surface area (Å²) in [6.07, 6.45) is 0. The molecule has 0 saturated carbocycles. The molecule has 0 aliphatic rings. The predicted molar refractivity (Wildman–Crippen MR) is 87.6 cm³/mol. The van der Waals surface area contributed by atoms with Crippen molar-refractivity contribution >= 4 is 59.2 Å². The summed E-state index contributed by atoms with van der Waals surface area (Å²) < 4.78 is 9.79. The molecular formula is C10H20Cl3N2O3PS. The summed E-state index contributed by atoms with van der Waals surface area (Å²) >= 11 is 22.4. The Morgan fingerprint density at radius 3 is 1.85 bits per heavy atom. The lowest BCUT2D eigenvalue weighted by Gasteiger charge is -2.38. The zero-order valence-corrected chi connectivity index (χ0v) is 16.1. The van der Waals surface area contributed by atoms with Crippen molar-refractivity contribution in [3.63, 3.8) is 0 Å². The smallest absolute Gasteiger partial charge is 0.307 e. The van der Waals surface area contributed by atoms with Gasteiger partial charge in [-0.05, 0) is 46.4 Å². The Bertz CT molecular complexity index is 375. The molecule has 120 valence electrons. The van der Waals surface area contributed by atoms with Gasteiger partial charge in [-0.2, -0.15) is 4.78 Å². The molecule has 10 heteroatoms. The van der Waals surface area contributed by atoms with Crippen LogP contribution in [0.25, 0.3) is 0 Å². The van der Waals surface area contributed by atoms with Crippen LogP contribution in [0.5, 0.6) is 0 Å². The van der Waals surface area contributed by atoms with Crippen LogP contribution in [0.2, 0.25) is 0 Å². The maximum atomic E-state index is 12.3. The Morgan fingerprint density at radius 1 is 1.20 bits per heavy atom. The Morgan fingerprint density at radius 2 is 1.60 bits per heavy atom. The fourth-order valence-electron chi connectivity index (χ4n) is 1.14. The number of carbonyl (C=O) groups excluding carboxylic acids is 1. The van der Waals surface area contributed by atoms with Crippen LogP contribution in [0.4, 0.5) is 0 Å². The number of carbonyl (C=O) groups is 1. The molecule has 0 radical (unpaired) electrons. The Labute approximate surface area is 140 Å². The molecule has 0 atom stereocenters. The van der Waals surface area contributed by atoms with E-state index in [1.807, 2.05) is 20.8 Å². The highest BCUT2D eigenvalue weighted by Crippen LogP contribution is 2.53. The van der Waals surface area contributed by atoms with E-state index in [2.05, 4.69) is 5.43 Å². The van der Waals surface area contributed by atoms with Crippen molar-refractivity contribution in [3.05, 3.63) is 0 Å². The van der Waals surface area contributed by atoms with Crippen LogP contribution in [0.15, 0.2) is 0 Å². The average Bonchev–Trinajstić information content (AvgIpc) is 2.23.